The van der Waals surface area contributed by atoms with Crippen LogP contribution in [0.1, 0.15) is 41.8 Å². The lowest BCUT2D eigenvalue weighted by molar-refractivity contribution is 0.594. The van der Waals surface area contributed by atoms with Crippen molar-refractivity contribution in [2.45, 2.75) is 51.4 Å². The number of thiazole rings is 1. The van der Waals surface area contributed by atoms with Gasteiger partial charge in [0.05, 0.1) is 11.4 Å². The van der Waals surface area contributed by atoms with Crippen molar-refractivity contribution in [3.8, 4) is 0 Å². The first-order chi connectivity index (χ1) is 8.50. The maximum absolute atomic E-state index is 11.7. The zero-order chi connectivity index (χ0) is 13.2. The van der Waals surface area contributed by atoms with Gasteiger partial charge >= 0.3 is 0 Å². The van der Waals surface area contributed by atoms with Crippen molar-refractivity contribution >= 4 is 21.2 Å². The Morgan fingerprint density at radius 1 is 1.44 bits per heavy atom. The fraction of sp³-hybridized carbons (Fsp3) is 0.750. The minimum absolute atomic E-state index is 0.0930. The molecule has 6 heteroatoms. The Labute approximate surface area is 113 Å². The van der Waals surface area contributed by atoms with Crippen LogP contribution in [-0.2, 0) is 22.1 Å². The van der Waals surface area contributed by atoms with Crippen LogP contribution < -0.4 is 5.32 Å². The summed E-state index contributed by atoms with van der Waals surface area (Å²) >= 11 is 1.53. The van der Waals surface area contributed by atoms with Gasteiger partial charge in [0.2, 0.25) is 0 Å². The van der Waals surface area contributed by atoms with Crippen molar-refractivity contribution in [3.05, 3.63) is 15.6 Å². The van der Waals surface area contributed by atoms with Gasteiger partial charge in [-0.25, -0.2) is 13.4 Å². The summed E-state index contributed by atoms with van der Waals surface area (Å²) in [7, 11) is -2.98. The molecule has 1 aliphatic rings. The number of sulfone groups is 1. The molecule has 0 unspecified atom stereocenters. The third-order valence-corrected chi connectivity index (χ3v) is 6.01. The van der Waals surface area contributed by atoms with Crippen LogP contribution >= 0.6 is 11.3 Å². The zero-order valence-corrected chi connectivity index (χ0v) is 12.5. The standard InChI is InChI=1S/C12H20N2O2S2/c1-3-6-18(15,16)8-12-14-9(2)11(17-12)7-13-10-4-5-10/h10,13H,3-8H2,1-2H3. The third-order valence-electron chi connectivity index (χ3n) is 2.92. The van der Waals surface area contributed by atoms with Gasteiger partial charge in [-0.1, -0.05) is 6.92 Å². The monoisotopic (exact) mass is 288 g/mol. The fourth-order valence-corrected chi connectivity index (χ4v) is 4.61. The van der Waals surface area contributed by atoms with Crippen LogP contribution in [0.4, 0.5) is 0 Å². The van der Waals surface area contributed by atoms with Gasteiger partial charge in [0, 0.05) is 17.5 Å². The fourth-order valence-electron chi connectivity index (χ4n) is 1.81. The number of rotatable bonds is 7. The van der Waals surface area contributed by atoms with Crippen LogP contribution in [0.3, 0.4) is 0 Å². The first kappa shape index (κ1) is 14.0. The molecule has 0 amide bonds. The maximum atomic E-state index is 11.7. The maximum Gasteiger partial charge on any atom is 0.156 e. The van der Waals surface area contributed by atoms with Crippen molar-refractivity contribution in [2.75, 3.05) is 5.75 Å². The molecule has 1 aromatic heterocycles. The van der Waals surface area contributed by atoms with E-state index >= 15 is 0 Å². The summed E-state index contributed by atoms with van der Waals surface area (Å²) < 4.78 is 23.5. The predicted molar refractivity (Wildman–Crippen MR) is 74.5 cm³/mol. The Morgan fingerprint density at radius 3 is 2.78 bits per heavy atom. The van der Waals surface area contributed by atoms with E-state index in [9.17, 15) is 8.42 Å². The Bertz CT molecular complexity index is 504. The van der Waals surface area contributed by atoms with E-state index in [1.54, 1.807) is 0 Å². The molecule has 18 heavy (non-hydrogen) atoms. The smallest absolute Gasteiger partial charge is 0.156 e. The summed E-state index contributed by atoms with van der Waals surface area (Å²) in [5.74, 6) is 0.344. The number of aryl methyl sites for hydroxylation is 1. The Balaban J connectivity index is 1.98. The molecule has 0 radical (unpaired) electrons. The predicted octanol–water partition coefficient (Wildman–Crippen LogP) is 2.03. The summed E-state index contributed by atoms with van der Waals surface area (Å²) in [5.41, 5.74) is 0.967. The first-order valence-electron chi connectivity index (χ1n) is 6.39. The molecule has 2 rings (SSSR count). The van der Waals surface area contributed by atoms with Crippen molar-refractivity contribution in [2.24, 2.45) is 0 Å². The lowest BCUT2D eigenvalue weighted by Gasteiger charge is -1.99. The zero-order valence-electron chi connectivity index (χ0n) is 10.9. The van der Waals surface area contributed by atoms with Gasteiger partial charge in [0.1, 0.15) is 10.8 Å². The number of nitrogens with one attached hydrogen (secondary N) is 1. The van der Waals surface area contributed by atoms with Crippen molar-refractivity contribution in [1.82, 2.24) is 10.3 Å². The van der Waals surface area contributed by atoms with Crippen molar-refractivity contribution < 1.29 is 8.42 Å². The minimum atomic E-state index is -2.98. The summed E-state index contributed by atoms with van der Waals surface area (Å²) in [6.07, 6.45) is 3.19. The van der Waals surface area contributed by atoms with E-state index in [0.717, 1.165) is 17.2 Å². The van der Waals surface area contributed by atoms with Gasteiger partial charge in [0.15, 0.2) is 9.84 Å². The topological polar surface area (TPSA) is 59.1 Å². The van der Waals surface area contributed by atoms with Crippen molar-refractivity contribution in [3.63, 3.8) is 0 Å². The van der Waals surface area contributed by atoms with Crippen LogP contribution in [0.2, 0.25) is 0 Å². The van der Waals surface area contributed by atoms with E-state index in [1.807, 2.05) is 13.8 Å². The second kappa shape index (κ2) is 5.67. The second-order valence-corrected chi connectivity index (χ2v) is 8.22. The lowest BCUT2D eigenvalue weighted by atomic mass is 10.4. The molecule has 1 fully saturated rings. The molecule has 0 aromatic carbocycles. The van der Waals surface area contributed by atoms with Crippen LogP contribution in [-0.4, -0.2) is 25.2 Å². The van der Waals surface area contributed by atoms with E-state index in [1.165, 1.54) is 29.1 Å². The van der Waals surface area contributed by atoms with E-state index in [2.05, 4.69) is 10.3 Å². The molecular formula is C12H20N2O2S2. The summed E-state index contributed by atoms with van der Waals surface area (Å²) in [5, 5.41) is 4.17. The Morgan fingerprint density at radius 2 is 2.17 bits per heavy atom. The second-order valence-electron chi connectivity index (χ2n) is 4.86. The van der Waals surface area contributed by atoms with Gasteiger partial charge < -0.3 is 5.32 Å². The third kappa shape index (κ3) is 4.03. The van der Waals surface area contributed by atoms with E-state index in [-0.39, 0.29) is 11.5 Å². The molecule has 1 N–H and O–H groups in total. The minimum Gasteiger partial charge on any atom is -0.309 e. The highest BCUT2D eigenvalue weighted by molar-refractivity contribution is 7.90. The van der Waals surface area contributed by atoms with Crippen LogP contribution in [0, 0.1) is 6.92 Å². The Kier molecular flexibility index (Phi) is 4.40. The Hall–Kier alpha value is -0.460. The van der Waals surface area contributed by atoms with Gasteiger partial charge in [-0.2, -0.15) is 0 Å². The van der Waals surface area contributed by atoms with Crippen molar-refractivity contribution in [1.29, 1.82) is 0 Å². The van der Waals surface area contributed by atoms with Crippen LogP contribution in [0.25, 0.3) is 0 Å². The molecular weight excluding hydrogens is 268 g/mol. The van der Waals surface area contributed by atoms with E-state index in [4.69, 9.17) is 0 Å². The quantitative estimate of drug-likeness (QED) is 0.834. The highest BCUT2D eigenvalue weighted by atomic mass is 32.2. The molecule has 0 spiro atoms. The van der Waals surface area contributed by atoms with Gasteiger partial charge in [0.25, 0.3) is 0 Å². The van der Waals surface area contributed by atoms with Crippen LogP contribution in [0.15, 0.2) is 0 Å². The average molecular weight is 288 g/mol. The van der Waals surface area contributed by atoms with Gasteiger partial charge in [-0.05, 0) is 26.2 Å². The molecule has 0 saturated heterocycles. The van der Waals surface area contributed by atoms with Gasteiger partial charge in [-0.3, -0.25) is 0 Å². The average Bonchev–Trinajstić information content (AvgIpc) is 3.01. The SMILES string of the molecule is CCCS(=O)(=O)Cc1nc(C)c(CNC2CC2)s1. The van der Waals surface area contributed by atoms with Crippen LogP contribution in [0.5, 0.6) is 0 Å². The van der Waals surface area contributed by atoms with Gasteiger partial charge in [-0.15, -0.1) is 11.3 Å². The number of hydrogen-bond acceptors (Lipinski definition) is 5. The number of aromatic nitrogens is 1. The normalized spacial score (nSPS) is 16.1. The number of hydrogen-bond donors (Lipinski definition) is 1. The lowest BCUT2D eigenvalue weighted by Crippen LogP contribution is -2.14. The molecule has 102 valence electrons. The van der Waals surface area contributed by atoms with E-state index < -0.39 is 9.84 Å². The first-order valence-corrected chi connectivity index (χ1v) is 9.03. The highest BCUT2D eigenvalue weighted by Crippen LogP contribution is 2.23. The molecule has 1 aliphatic carbocycles. The summed E-state index contributed by atoms with van der Waals surface area (Å²) in [6.45, 7) is 4.66. The highest BCUT2D eigenvalue weighted by Gasteiger charge is 2.21. The summed E-state index contributed by atoms with van der Waals surface area (Å²) in [6, 6.07) is 0.666. The molecule has 4 nitrogen and oxygen atoms in total. The molecule has 1 aromatic rings. The van der Waals surface area contributed by atoms with E-state index in [0.29, 0.717) is 12.5 Å². The molecule has 0 atom stereocenters. The summed E-state index contributed by atoms with van der Waals surface area (Å²) in [4.78, 5) is 5.55. The molecule has 0 aliphatic heterocycles. The molecule has 0 bridgehead atoms. The molecule has 1 heterocycles. The molecule has 1 saturated carbocycles. The largest absolute Gasteiger partial charge is 0.309 e. The number of nitrogens with zero attached hydrogens (tertiary/aromatic N) is 1.